The Morgan fingerprint density at radius 1 is 1.24 bits per heavy atom. The summed E-state index contributed by atoms with van der Waals surface area (Å²) in [5, 5.41) is 9.18. The highest BCUT2D eigenvalue weighted by molar-refractivity contribution is 7.89. The number of amides is 1. The molecule has 2 aliphatic heterocycles. The summed E-state index contributed by atoms with van der Waals surface area (Å²) < 4.78 is 32.7. The second-order valence-corrected chi connectivity index (χ2v) is 9.22. The van der Waals surface area contributed by atoms with Crippen LogP contribution in [0.5, 0.6) is 0 Å². The van der Waals surface area contributed by atoms with Gasteiger partial charge in [-0.2, -0.15) is 9.57 Å². The van der Waals surface area contributed by atoms with Crippen molar-refractivity contribution in [3.05, 3.63) is 29.8 Å². The number of ether oxygens (including phenoxy) is 1. The zero-order valence-electron chi connectivity index (χ0n) is 14.5. The number of carbonyl (C=O) groups excluding carboxylic acids is 1. The van der Waals surface area contributed by atoms with Gasteiger partial charge in [0.05, 0.1) is 16.5 Å². The minimum absolute atomic E-state index is 0.0221. The van der Waals surface area contributed by atoms with Gasteiger partial charge < -0.3 is 9.64 Å². The van der Waals surface area contributed by atoms with Gasteiger partial charge in [0.15, 0.2) is 0 Å². The number of hydrogen-bond donors (Lipinski definition) is 0. The Morgan fingerprint density at radius 3 is 2.48 bits per heavy atom. The number of nitriles is 1. The summed E-state index contributed by atoms with van der Waals surface area (Å²) in [6, 6.07) is 7.64. The van der Waals surface area contributed by atoms with E-state index in [0.29, 0.717) is 13.0 Å². The van der Waals surface area contributed by atoms with Gasteiger partial charge in [0, 0.05) is 19.1 Å². The summed E-state index contributed by atoms with van der Waals surface area (Å²) in [5.41, 5.74) is -0.453. The van der Waals surface area contributed by atoms with Gasteiger partial charge in [0.25, 0.3) is 0 Å². The zero-order valence-corrected chi connectivity index (χ0v) is 15.3. The smallest absolute Gasteiger partial charge is 0.410 e. The second kappa shape index (κ2) is 6.00. The molecule has 2 heterocycles. The van der Waals surface area contributed by atoms with Crippen LogP contribution in [0.3, 0.4) is 0 Å². The predicted octanol–water partition coefficient (Wildman–Crippen LogP) is 1.94. The molecule has 1 amide bonds. The standard InChI is InChI=1S/C17H21N3O4S/c1-17(2,3)24-16(21)19-10-14-8-13(19)11-20(14)25(22,23)15-7-5-4-6-12(15)9-18/h4-7,13-14H,8,10-11H2,1-3H3. The highest BCUT2D eigenvalue weighted by Crippen LogP contribution is 2.36. The van der Waals surface area contributed by atoms with Gasteiger partial charge in [-0.1, -0.05) is 12.1 Å². The quantitative estimate of drug-likeness (QED) is 0.801. The van der Waals surface area contributed by atoms with E-state index in [4.69, 9.17) is 4.74 Å². The molecule has 1 aromatic rings. The lowest BCUT2D eigenvalue weighted by molar-refractivity contribution is 0.0173. The number of benzene rings is 1. The van der Waals surface area contributed by atoms with Gasteiger partial charge in [0.1, 0.15) is 11.7 Å². The van der Waals surface area contributed by atoms with Crippen LogP contribution < -0.4 is 0 Å². The Labute approximate surface area is 147 Å². The predicted molar refractivity (Wildman–Crippen MR) is 90.2 cm³/mol. The minimum atomic E-state index is -3.76. The van der Waals surface area contributed by atoms with Crippen LogP contribution in [-0.2, 0) is 14.8 Å². The molecule has 0 aromatic heterocycles. The van der Waals surface area contributed by atoms with Crippen LogP contribution in [0.2, 0.25) is 0 Å². The Kier molecular flexibility index (Phi) is 4.25. The van der Waals surface area contributed by atoms with E-state index >= 15 is 0 Å². The lowest BCUT2D eigenvalue weighted by atomic mass is 10.2. The lowest BCUT2D eigenvalue weighted by Gasteiger charge is -2.34. The number of rotatable bonds is 2. The topological polar surface area (TPSA) is 90.7 Å². The van der Waals surface area contributed by atoms with Crippen molar-refractivity contribution in [3.8, 4) is 6.07 Å². The van der Waals surface area contributed by atoms with E-state index in [9.17, 15) is 18.5 Å². The van der Waals surface area contributed by atoms with Crippen LogP contribution in [0.1, 0.15) is 32.8 Å². The molecular formula is C17H21N3O4S. The van der Waals surface area contributed by atoms with E-state index in [2.05, 4.69) is 0 Å². The first-order valence-corrected chi connectivity index (χ1v) is 9.58. The van der Waals surface area contributed by atoms with Crippen LogP contribution >= 0.6 is 0 Å². The lowest BCUT2D eigenvalue weighted by Crippen LogP contribution is -2.51. The molecule has 7 nitrogen and oxygen atoms in total. The van der Waals surface area contributed by atoms with Crippen LogP contribution in [0.15, 0.2) is 29.2 Å². The number of carbonyl (C=O) groups is 1. The van der Waals surface area contributed by atoms with Crippen molar-refractivity contribution in [2.45, 2.75) is 49.8 Å². The number of nitrogens with zero attached hydrogens (tertiary/aromatic N) is 3. The van der Waals surface area contributed by atoms with E-state index in [1.165, 1.54) is 16.4 Å². The van der Waals surface area contributed by atoms with Gasteiger partial charge >= 0.3 is 6.09 Å². The van der Waals surface area contributed by atoms with Gasteiger partial charge in [-0.3, -0.25) is 0 Å². The number of sulfonamides is 1. The minimum Gasteiger partial charge on any atom is -0.444 e. The summed E-state index contributed by atoms with van der Waals surface area (Å²) in [7, 11) is -3.76. The molecule has 2 aliphatic rings. The third kappa shape index (κ3) is 3.22. The van der Waals surface area contributed by atoms with Gasteiger partial charge in [-0.05, 0) is 39.3 Å². The first kappa shape index (κ1) is 17.7. The third-order valence-corrected chi connectivity index (χ3v) is 6.39. The average molecular weight is 363 g/mol. The molecule has 2 unspecified atom stereocenters. The van der Waals surface area contributed by atoms with E-state index in [1.54, 1.807) is 37.8 Å². The van der Waals surface area contributed by atoms with Gasteiger partial charge in [0.2, 0.25) is 10.0 Å². The number of hydrogen-bond acceptors (Lipinski definition) is 5. The van der Waals surface area contributed by atoms with Crippen molar-refractivity contribution in [3.63, 3.8) is 0 Å². The number of piperazine rings is 1. The van der Waals surface area contributed by atoms with E-state index < -0.39 is 21.7 Å². The highest BCUT2D eigenvalue weighted by Gasteiger charge is 2.51. The fourth-order valence-electron chi connectivity index (χ4n) is 3.38. The summed E-state index contributed by atoms with van der Waals surface area (Å²) in [4.78, 5) is 13.9. The van der Waals surface area contributed by atoms with Crippen molar-refractivity contribution in [2.24, 2.45) is 0 Å². The maximum absolute atomic E-state index is 12.9. The summed E-state index contributed by atoms with van der Waals surface area (Å²) >= 11 is 0. The number of fused-ring (bicyclic) bond motifs is 2. The molecular weight excluding hydrogens is 342 g/mol. The van der Waals surface area contributed by atoms with Crippen LogP contribution in [0.4, 0.5) is 4.79 Å². The fraction of sp³-hybridized carbons (Fsp3) is 0.529. The average Bonchev–Trinajstić information content (AvgIpc) is 3.14. The third-order valence-electron chi connectivity index (χ3n) is 4.41. The Morgan fingerprint density at radius 2 is 1.92 bits per heavy atom. The highest BCUT2D eigenvalue weighted by atomic mass is 32.2. The molecule has 8 heteroatoms. The van der Waals surface area contributed by atoms with Crippen LogP contribution in [-0.4, -0.2) is 54.5 Å². The molecule has 0 aliphatic carbocycles. The molecule has 0 N–H and O–H groups in total. The van der Waals surface area contributed by atoms with Crippen molar-refractivity contribution in [1.29, 1.82) is 5.26 Å². The van der Waals surface area contributed by atoms with Crippen molar-refractivity contribution in [1.82, 2.24) is 9.21 Å². The Bertz CT molecular complexity index is 838. The Balaban J connectivity index is 1.79. The largest absolute Gasteiger partial charge is 0.444 e. The fourth-order valence-corrected chi connectivity index (χ4v) is 5.19. The SMILES string of the molecule is CC(C)(C)OC(=O)N1CC2CC1CN2S(=O)(=O)c1ccccc1C#N. The Hall–Kier alpha value is -2.11. The molecule has 2 bridgehead atoms. The summed E-state index contributed by atoms with van der Waals surface area (Å²) in [6.45, 7) is 5.94. The zero-order chi connectivity index (χ0) is 18.4. The molecule has 1 aromatic carbocycles. The van der Waals surface area contributed by atoms with E-state index in [1.807, 2.05) is 6.07 Å². The van der Waals surface area contributed by atoms with Crippen molar-refractivity contribution >= 4 is 16.1 Å². The molecule has 25 heavy (non-hydrogen) atoms. The van der Waals surface area contributed by atoms with Crippen molar-refractivity contribution in [2.75, 3.05) is 13.1 Å². The first-order valence-electron chi connectivity index (χ1n) is 8.14. The molecule has 0 saturated carbocycles. The molecule has 134 valence electrons. The maximum atomic E-state index is 12.9. The molecule has 2 atom stereocenters. The van der Waals surface area contributed by atoms with Crippen molar-refractivity contribution < 1.29 is 17.9 Å². The van der Waals surface area contributed by atoms with E-state index in [0.717, 1.165) is 0 Å². The molecule has 0 spiro atoms. The monoisotopic (exact) mass is 363 g/mol. The summed E-state index contributed by atoms with van der Waals surface area (Å²) in [5.74, 6) is 0. The van der Waals surface area contributed by atoms with Crippen LogP contribution in [0.25, 0.3) is 0 Å². The normalized spacial score (nSPS) is 23.5. The molecule has 3 rings (SSSR count). The molecule has 2 fully saturated rings. The molecule has 2 saturated heterocycles. The maximum Gasteiger partial charge on any atom is 0.410 e. The van der Waals surface area contributed by atoms with Gasteiger partial charge in [-0.25, -0.2) is 13.2 Å². The second-order valence-electron chi connectivity index (χ2n) is 7.36. The first-order chi connectivity index (χ1) is 11.6. The number of likely N-dealkylation sites (tertiary alicyclic amines) is 1. The summed E-state index contributed by atoms with van der Waals surface area (Å²) in [6.07, 6.45) is 0.183. The van der Waals surface area contributed by atoms with Crippen LogP contribution in [0, 0.1) is 11.3 Å². The molecule has 0 radical (unpaired) electrons. The van der Waals surface area contributed by atoms with E-state index in [-0.39, 0.29) is 29.1 Å². The van der Waals surface area contributed by atoms with Gasteiger partial charge in [-0.15, -0.1) is 0 Å².